The molecule has 1 N–H and O–H groups in total. The number of aryl methyl sites for hydroxylation is 1. The third kappa shape index (κ3) is 2.99. The van der Waals surface area contributed by atoms with Gasteiger partial charge in [-0.3, -0.25) is 0 Å². The third-order valence-corrected chi connectivity index (χ3v) is 4.64. The van der Waals surface area contributed by atoms with Crippen molar-refractivity contribution in [2.24, 2.45) is 0 Å². The molecule has 0 bridgehead atoms. The number of benzene rings is 3. The molecule has 4 rings (SSSR count). The first kappa shape index (κ1) is 17.0. The van der Waals surface area contributed by atoms with E-state index in [9.17, 15) is 9.90 Å². The van der Waals surface area contributed by atoms with Crippen LogP contribution in [0.25, 0.3) is 32.9 Å². The lowest BCUT2D eigenvalue weighted by atomic mass is 9.95. The predicted octanol–water partition coefficient (Wildman–Crippen LogP) is 5.25. The lowest BCUT2D eigenvalue weighted by Crippen LogP contribution is -2.07. The summed E-state index contributed by atoms with van der Waals surface area (Å²) in [4.78, 5) is 17.3. The van der Waals surface area contributed by atoms with E-state index in [1.165, 1.54) is 0 Å². The van der Waals surface area contributed by atoms with Gasteiger partial charge in [0.15, 0.2) is 0 Å². The number of carbonyl (C=O) groups excluding carboxylic acids is 1. The molecule has 1 aromatic heterocycles. The summed E-state index contributed by atoms with van der Waals surface area (Å²) in [6.07, 6.45) is 0. The molecule has 27 heavy (non-hydrogen) atoms. The van der Waals surface area contributed by atoms with Crippen molar-refractivity contribution in [3.63, 3.8) is 0 Å². The van der Waals surface area contributed by atoms with Crippen LogP contribution in [0, 0.1) is 6.92 Å². The van der Waals surface area contributed by atoms with E-state index in [0.29, 0.717) is 16.5 Å². The Balaban J connectivity index is 2.06. The van der Waals surface area contributed by atoms with Gasteiger partial charge in [0.05, 0.1) is 17.6 Å². The van der Waals surface area contributed by atoms with Crippen molar-refractivity contribution < 1.29 is 14.6 Å². The lowest BCUT2D eigenvalue weighted by molar-refractivity contribution is 0.0524. The maximum Gasteiger partial charge on any atom is 0.342 e. The van der Waals surface area contributed by atoms with Crippen LogP contribution in [-0.2, 0) is 4.74 Å². The summed E-state index contributed by atoms with van der Waals surface area (Å²) in [7, 11) is 0. The number of para-hydroxylation sites is 1. The Labute approximate surface area is 157 Å². The van der Waals surface area contributed by atoms with Crippen molar-refractivity contribution >= 4 is 27.8 Å². The highest BCUT2D eigenvalue weighted by atomic mass is 16.5. The van der Waals surface area contributed by atoms with Crippen LogP contribution in [0.15, 0.2) is 60.7 Å². The van der Waals surface area contributed by atoms with E-state index in [1.807, 2.05) is 67.6 Å². The van der Waals surface area contributed by atoms with E-state index >= 15 is 0 Å². The number of aromatic nitrogens is 1. The first-order valence-corrected chi connectivity index (χ1v) is 8.88. The summed E-state index contributed by atoms with van der Waals surface area (Å²) in [5.74, 6) is -0.639. The van der Waals surface area contributed by atoms with Crippen LogP contribution in [0.2, 0.25) is 0 Å². The molecule has 0 radical (unpaired) electrons. The molecule has 3 aromatic carbocycles. The maximum absolute atomic E-state index is 12.6. The average Bonchev–Trinajstić information content (AvgIpc) is 2.67. The molecule has 0 aliphatic rings. The van der Waals surface area contributed by atoms with Crippen LogP contribution >= 0.6 is 0 Å². The van der Waals surface area contributed by atoms with Gasteiger partial charge in [-0.2, -0.15) is 0 Å². The molecule has 134 valence electrons. The summed E-state index contributed by atoms with van der Waals surface area (Å²) in [5.41, 5.74) is 4.20. The van der Waals surface area contributed by atoms with E-state index in [-0.39, 0.29) is 17.9 Å². The number of aromatic hydroxyl groups is 1. The Morgan fingerprint density at radius 3 is 2.52 bits per heavy atom. The lowest BCUT2D eigenvalue weighted by Gasteiger charge is -2.14. The Hall–Kier alpha value is -3.40. The van der Waals surface area contributed by atoms with Gasteiger partial charge in [-0.05, 0) is 37.6 Å². The summed E-state index contributed by atoms with van der Waals surface area (Å²) in [6, 6.07) is 19.2. The minimum absolute atomic E-state index is 0.0974. The highest BCUT2D eigenvalue weighted by Crippen LogP contribution is 2.38. The molecule has 4 heteroatoms. The first-order valence-electron chi connectivity index (χ1n) is 8.88. The second-order valence-corrected chi connectivity index (χ2v) is 6.48. The van der Waals surface area contributed by atoms with E-state index in [4.69, 9.17) is 4.74 Å². The number of hydrogen-bond acceptors (Lipinski definition) is 4. The fourth-order valence-corrected chi connectivity index (χ4v) is 3.27. The second kappa shape index (κ2) is 6.72. The van der Waals surface area contributed by atoms with Crippen molar-refractivity contribution in [1.82, 2.24) is 4.98 Å². The van der Waals surface area contributed by atoms with Crippen LogP contribution in [-0.4, -0.2) is 22.7 Å². The Morgan fingerprint density at radius 2 is 1.78 bits per heavy atom. The molecule has 0 saturated carbocycles. The van der Waals surface area contributed by atoms with E-state index in [1.54, 1.807) is 6.92 Å². The van der Waals surface area contributed by atoms with Crippen molar-refractivity contribution in [2.75, 3.05) is 6.61 Å². The van der Waals surface area contributed by atoms with Crippen LogP contribution < -0.4 is 0 Å². The average molecular weight is 357 g/mol. The normalized spacial score (nSPS) is 11.0. The minimum atomic E-state index is -0.541. The van der Waals surface area contributed by atoms with E-state index < -0.39 is 5.97 Å². The molecule has 4 nitrogen and oxygen atoms in total. The van der Waals surface area contributed by atoms with Crippen LogP contribution in [0.4, 0.5) is 0 Å². The summed E-state index contributed by atoms with van der Waals surface area (Å²) in [6.45, 7) is 3.98. The number of fused-ring (bicyclic) bond motifs is 2. The van der Waals surface area contributed by atoms with E-state index in [2.05, 4.69) is 4.98 Å². The van der Waals surface area contributed by atoms with Crippen molar-refractivity contribution in [1.29, 1.82) is 0 Å². The molecule has 0 fully saturated rings. The van der Waals surface area contributed by atoms with Crippen LogP contribution in [0.1, 0.15) is 22.8 Å². The van der Waals surface area contributed by atoms with Gasteiger partial charge in [0.2, 0.25) is 0 Å². The van der Waals surface area contributed by atoms with Crippen molar-refractivity contribution in [2.45, 2.75) is 13.8 Å². The molecule has 0 aliphatic carbocycles. The monoisotopic (exact) mass is 357 g/mol. The standard InChI is InChI=1S/C23H19NO3/c1-3-27-23(26)21-17(15-10-8-14(2)9-11-15)13-20-18(22(21)25)12-16-6-4-5-7-19(16)24-20/h4-13,25H,3H2,1-2H3. The smallest absolute Gasteiger partial charge is 0.342 e. The molecular formula is C23H19NO3. The van der Waals surface area contributed by atoms with Crippen LogP contribution in [0.3, 0.4) is 0 Å². The Bertz CT molecular complexity index is 1160. The highest BCUT2D eigenvalue weighted by molar-refractivity contribution is 6.09. The topological polar surface area (TPSA) is 59.4 Å². The van der Waals surface area contributed by atoms with Gasteiger partial charge in [0.25, 0.3) is 0 Å². The van der Waals surface area contributed by atoms with Gasteiger partial charge in [-0.1, -0.05) is 48.0 Å². The maximum atomic E-state index is 12.6. The number of phenolic OH excluding ortho intramolecular Hbond substituents is 1. The molecule has 0 saturated heterocycles. The molecule has 0 spiro atoms. The SMILES string of the molecule is CCOC(=O)c1c(-c2ccc(C)cc2)cc2nc3ccccc3cc2c1O. The number of nitrogens with zero attached hydrogens (tertiary/aromatic N) is 1. The van der Waals surface area contributed by atoms with E-state index in [0.717, 1.165) is 22.0 Å². The summed E-state index contributed by atoms with van der Waals surface area (Å²) in [5, 5.41) is 12.4. The zero-order valence-electron chi connectivity index (χ0n) is 15.2. The van der Waals surface area contributed by atoms with Crippen LogP contribution in [0.5, 0.6) is 5.75 Å². The van der Waals surface area contributed by atoms with Gasteiger partial charge < -0.3 is 9.84 Å². The highest BCUT2D eigenvalue weighted by Gasteiger charge is 2.22. The zero-order valence-corrected chi connectivity index (χ0v) is 15.2. The Morgan fingerprint density at radius 1 is 1.04 bits per heavy atom. The molecule has 4 aromatic rings. The minimum Gasteiger partial charge on any atom is -0.506 e. The number of ether oxygens (including phenoxy) is 1. The number of hydrogen-bond donors (Lipinski definition) is 1. The number of pyridine rings is 1. The summed E-state index contributed by atoms with van der Waals surface area (Å²) < 4.78 is 5.21. The quantitative estimate of drug-likeness (QED) is 0.402. The number of rotatable bonds is 3. The Kier molecular flexibility index (Phi) is 4.24. The fraction of sp³-hybridized carbons (Fsp3) is 0.130. The molecule has 0 atom stereocenters. The molecular weight excluding hydrogens is 338 g/mol. The zero-order chi connectivity index (χ0) is 19.0. The van der Waals surface area contributed by atoms with Gasteiger partial charge in [-0.25, -0.2) is 9.78 Å². The first-order chi connectivity index (χ1) is 13.1. The molecule has 0 amide bonds. The molecule has 0 aliphatic heterocycles. The van der Waals surface area contributed by atoms with Gasteiger partial charge >= 0.3 is 5.97 Å². The summed E-state index contributed by atoms with van der Waals surface area (Å²) >= 11 is 0. The van der Waals surface area contributed by atoms with Crippen molar-refractivity contribution in [3.05, 3.63) is 71.8 Å². The number of phenols is 1. The van der Waals surface area contributed by atoms with Gasteiger partial charge in [-0.15, -0.1) is 0 Å². The molecule has 1 heterocycles. The van der Waals surface area contributed by atoms with Gasteiger partial charge in [0, 0.05) is 16.3 Å². The fourth-order valence-electron chi connectivity index (χ4n) is 3.27. The van der Waals surface area contributed by atoms with Gasteiger partial charge in [0.1, 0.15) is 11.3 Å². The number of esters is 1. The largest absolute Gasteiger partial charge is 0.506 e. The third-order valence-electron chi connectivity index (χ3n) is 4.64. The second-order valence-electron chi connectivity index (χ2n) is 6.48. The molecule has 0 unspecified atom stereocenters. The number of carbonyl (C=O) groups is 1. The predicted molar refractivity (Wildman–Crippen MR) is 107 cm³/mol. The van der Waals surface area contributed by atoms with Crippen molar-refractivity contribution in [3.8, 4) is 16.9 Å².